The van der Waals surface area contributed by atoms with Gasteiger partial charge in [0, 0.05) is 0 Å². The van der Waals surface area contributed by atoms with Crippen LogP contribution in [0.1, 0.15) is 41.5 Å². The Morgan fingerprint density at radius 2 is 1.08 bits per heavy atom. The summed E-state index contributed by atoms with van der Waals surface area (Å²) in [4.78, 5) is 18.5. The summed E-state index contributed by atoms with van der Waals surface area (Å²) in [7, 11) is 0. The van der Waals surface area contributed by atoms with Crippen LogP contribution in [0.5, 0.6) is 0 Å². The normalized spacial score (nSPS) is 11.5. The van der Waals surface area contributed by atoms with Gasteiger partial charge in [-0.1, -0.05) is 0 Å². The molecule has 1 N–H and O–H groups in total. The van der Waals surface area contributed by atoms with Crippen molar-refractivity contribution in [3.05, 3.63) is 0 Å². The second kappa shape index (κ2) is 5.94. The highest BCUT2D eigenvalue weighted by atomic mass is 17.2. The Kier molecular flexibility index (Phi) is 6.80. The van der Waals surface area contributed by atoms with Gasteiger partial charge in [-0.15, -0.1) is 0 Å². The first kappa shape index (κ1) is 14.9. The summed E-state index contributed by atoms with van der Waals surface area (Å²) in [5, 5.41) is 6.89. The standard InChI is InChI=1S/C8H18O2.CH2O2/c1-7(2,3)9-10-8(4,5)6;2-1-3/h1-6H3;1H,(H,2,3). The number of hydrogen-bond acceptors (Lipinski definition) is 3. The van der Waals surface area contributed by atoms with Crippen LogP contribution in [0.3, 0.4) is 0 Å². The maximum Gasteiger partial charge on any atom is 0.290 e. The van der Waals surface area contributed by atoms with E-state index in [9.17, 15) is 0 Å². The van der Waals surface area contributed by atoms with Crippen molar-refractivity contribution in [3.63, 3.8) is 0 Å². The van der Waals surface area contributed by atoms with E-state index in [1.807, 2.05) is 41.5 Å². The quantitative estimate of drug-likeness (QED) is 0.393. The summed E-state index contributed by atoms with van der Waals surface area (Å²) in [5.41, 5.74) is -0.430. The fourth-order valence-electron chi connectivity index (χ4n) is 0.250. The zero-order valence-corrected chi connectivity index (χ0v) is 9.25. The fraction of sp³-hybridized carbons (Fsp3) is 0.889. The SMILES string of the molecule is CC(C)(C)OOC(C)(C)C.O=CO. The van der Waals surface area contributed by atoms with E-state index in [-0.39, 0.29) is 17.7 Å². The molecule has 0 spiro atoms. The third-order valence-electron chi connectivity index (χ3n) is 0.542. The lowest BCUT2D eigenvalue weighted by Gasteiger charge is -2.24. The summed E-state index contributed by atoms with van der Waals surface area (Å²) in [6, 6.07) is 0. The van der Waals surface area contributed by atoms with Gasteiger partial charge in [-0.05, 0) is 41.5 Å². The van der Waals surface area contributed by atoms with Crippen molar-refractivity contribution >= 4 is 6.47 Å². The molecule has 4 heteroatoms. The Morgan fingerprint density at radius 1 is 0.923 bits per heavy atom. The molecule has 0 aromatic heterocycles. The Balaban J connectivity index is 0. The fourth-order valence-corrected chi connectivity index (χ4v) is 0.250. The molecule has 0 aromatic carbocycles. The number of hydrogen-bond donors (Lipinski definition) is 1. The highest BCUT2D eigenvalue weighted by Gasteiger charge is 2.18. The van der Waals surface area contributed by atoms with Crippen LogP contribution in [-0.4, -0.2) is 22.8 Å². The monoisotopic (exact) mass is 192 g/mol. The molecule has 4 nitrogen and oxygen atoms in total. The third-order valence-corrected chi connectivity index (χ3v) is 0.542. The molecule has 13 heavy (non-hydrogen) atoms. The van der Waals surface area contributed by atoms with E-state index in [2.05, 4.69) is 0 Å². The van der Waals surface area contributed by atoms with Gasteiger partial charge in [-0.2, -0.15) is 0 Å². The first-order chi connectivity index (χ1) is 5.62. The summed E-state index contributed by atoms with van der Waals surface area (Å²) >= 11 is 0. The van der Waals surface area contributed by atoms with Crippen molar-refractivity contribution < 1.29 is 19.7 Å². The molecular weight excluding hydrogens is 172 g/mol. The molecule has 0 unspecified atom stereocenters. The van der Waals surface area contributed by atoms with Crippen LogP contribution in [0.2, 0.25) is 0 Å². The number of carbonyl (C=O) groups is 1. The van der Waals surface area contributed by atoms with Crippen molar-refractivity contribution in [2.75, 3.05) is 0 Å². The molecule has 0 bridgehead atoms. The second-order valence-electron chi connectivity index (χ2n) is 4.50. The van der Waals surface area contributed by atoms with Crippen molar-refractivity contribution in [3.8, 4) is 0 Å². The first-order valence-corrected chi connectivity index (χ1v) is 4.07. The average molecular weight is 192 g/mol. The molecule has 0 heterocycles. The number of carboxylic acid groups (broad SMARTS) is 1. The van der Waals surface area contributed by atoms with Crippen LogP contribution in [-0.2, 0) is 14.6 Å². The van der Waals surface area contributed by atoms with Gasteiger partial charge >= 0.3 is 0 Å². The van der Waals surface area contributed by atoms with E-state index in [1.54, 1.807) is 0 Å². The Hall–Kier alpha value is -0.610. The van der Waals surface area contributed by atoms with Crippen LogP contribution >= 0.6 is 0 Å². The van der Waals surface area contributed by atoms with Crippen molar-refractivity contribution in [1.82, 2.24) is 0 Å². The minimum Gasteiger partial charge on any atom is -0.483 e. The first-order valence-electron chi connectivity index (χ1n) is 4.07. The minimum atomic E-state index is -0.250. The van der Waals surface area contributed by atoms with Gasteiger partial charge < -0.3 is 5.11 Å². The van der Waals surface area contributed by atoms with E-state index in [4.69, 9.17) is 19.7 Å². The molecule has 0 aliphatic carbocycles. The molecule has 80 valence electrons. The molecule has 0 radical (unpaired) electrons. The Morgan fingerprint density at radius 3 is 1.15 bits per heavy atom. The van der Waals surface area contributed by atoms with Crippen LogP contribution in [0.15, 0.2) is 0 Å². The lowest BCUT2D eigenvalue weighted by atomic mass is 10.2. The van der Waals surface area contributed by atoms with Crippen LogP contribution in [0, 0.1) is 0 Å². The van der Waals surface area contributed by atoms with Crippen LogP contribution in [0.4, 0.5) is 0 Å². The molecule has 0 saturated heterocycles. The van der Waals surface area contributed by atoms with Crippen molar-refractivity contribution in [2.24, 2.45) is 0 Å². The molecule has 0 aliphatic rings. The summed E-state index contributed by atoms with van der Waals surface area (Å²) < 4.78 is 0. The Labute approximate surface area is 79.8 Å². The molecule has 0 aromatic rings. The van der Waals surface area contributed by atoms with Crippen molar-refractivity contribution in [2.45, 2.75) is 52.7 Å². The summed E-state index contributed by atoms with van der Waals surface area (Å²) in [6.45, 7) is 11.5. The van der Waals surface area contributed by atoms with E-state index >= 15 is 0 Å². The van der Waals surface area contributed by atoms with Crippen LogP contribution in [0.25, 0.3) is 0 Å². The summed E-state index contributed by atoms with van der Waals surface area (Å²) in [5.74, 6) is 0. The molecule has 0 fully saturated rings. The topological polar surface area (TPSA) is 55.8 Å². The largest absolute Gasteiger partial charge is 0.483 e. The molecule has 0 rings (SSSR count). The van der Waals surface area contributed by atoms with Gasteiger partial charge in [0.1, 0.15) is 0 Å². The molecule has 0 saturated carbocycles. The lowest BCUT2D eigenvalue weighted by molar-refractivity contribution is -0.393. The second-order valence-corrected chi connectivity index (χ2v) is 4.50. The van der Waals surface area contributed by atoms with Crippen LogP contribution < -0.4 is 0 Å². The van der Waals surface area contributed by atoms with E-state index in [0.29, 0.717) is 0 Å². The average Bonchev–Trinajstić information content (AvgIpc) is 1.82. The maximum atomic E-state index is 8.36. The molecule has 0 atom stereocenters. The smallest absolute Gasteiger partial charge is 0.290 e. The highest BCUT2D eigenvalue weighted by Crippen LogP contribution is 2.14. The predicted octanol–water partition coefficient (Wildman–Crippen LogP) is 2.23. The number of rotatable bonds is 1. The molecule has 0 aliphatic heterocycles. The third kappa shape index (κ3) is 24.6. The maximum absolute atomic E-state index is 8.36. The Bertz CT molecular complexity index is 116. The minimum absolute atomic E-state index is 0.215. The van der Waals surface area contributed by atoms with Crippen molar-refractivity contribution in [1.29, 1.82) is 0 Å². The highest BCUT2D eigenvalue weighted by molar-refractivity contribution is 5.32. The molecule has 0 amide bonds. The van der Waals surface area contributed by atoms with E-state index in [1.165, 1.54) is 0 Å². The molecular formula is C9H20O4. The van der Waals surface area contributed by atoms with E-state index < -0.39 is 0 Å². The lowest BCUT2D eigenvalue weighted by Crippen LogP contribution is -2.27. The summed E-state index contributed by atoms with van der Waals surface area (Å²) in [6.07, 6.45) is 0. The van der Waals surface area contributed by atoms with E-state index in [0.717, 1.165) is 0 Å². The zero-order valence-electron chi connectivity index (χ0n) is 9.25. The predicted molar refractivity (Wildman–Crippen MR) is 50.4 cm³/mol. The zero-order chi connectivity index (χ0) is 11.1. The van der Waals surface area contributed by atoms with Gasteiger partial charge in [0.15, 0.2) is 0 Å². The van der Waals surface area contributed by atoms with Gasteiger partial charge in [0.05, 0.1) is 11.2 Å². The van der Waals surface area contributed by atoms with Gasteiger partial charge in [0.25, 0.3) is 6.47 Å². The van der Waals surface area contributed by atoms with Gasteiger partial charge in [-0.25, -0.2) is 9.78 Å². The van der Waals surface area contributed by atoms with Gasteiger partial charge in [-0.3, -0.25) is 4.79 Å². The van der Waals surface area contributed by atoms with Gasteiger partial charge in [0.2, 0.25) is 0 Å².